The predicted molar refractivity (Wildman–Crippen MR) is 72.6 cm³/mol. The fourth-order valence-corrected chi connectivity index (χ4v) is 4.49. The minimum atomic E-state index is -0.148. The number of allylic oxidation sites excluding steroid dienone is 4. The largest absolute Gasteiger partial charge is 0.257 e. The van der Waals surface area contributed by atoms with Gasteiger partial charge in [0.2, 0.25) is 0 Å². The van der Waals surface area contributed by atoms with Crippen LogP contribution in [0.25, 0.3) is 0 Å². The van der Waals surface area contributed by atoms with Crippen LogP contribution >= 0.6 is 7.92 Å². The molecule has 0 bridgehead atoms. The SMILES string of the molecule is CCCCP(c1ccccn1)C1C=CC=C1. The maximum Gasteiger partial charge on any atom is 0.0639 e. The molecule has 1 nitrogen and oxygen atoms in total. The first-order valence-electron chi connectivity index (χ1n) is 5.94. The molecule has 0 aromatic carbocycles. The molecule has 84 valence electrons. The first-order chi connectivity index (χ1) is 7.92. The Morgan fingerprint density at radius 2 is 2.06 bits per heavy atom. The van der Waals surface area contributed by atoms with Gasteiger partial charge in [0.25, 0.3) is 0 Å². The van der Waals surface area contributed by atoms with Crippen LogP contribution in [0.1, 0.15) is 19.8 Å². The Balaban J connectivity index is 2.14. The summed E-state index contributed by atoms with van der Waals surface area (Å²) in [6.07, 6.45) is 14.7. The molecule has 1 aliphatic rings. The van der Waals surface area contributed by atoms with Crippen LogP contribution in [0, 0.1) is 0 Å². The molecule has 0 N–H and O–H groups in total. The monoisotopic (exact) mass is 231 g/mol. The van der Waals surface area contributed by atoms with E-state index >= 15 is 0 Å². The average Bonchev–Trinajstić information content (AvgIpc) is 2.85. The van der Waals surface area contributed by atoms with E-state index in [2.05, 4.69) is 48.3 Å². The van der Waals surface area contributed by atoms with Crippen molar-refractivity contribution in [1.82, 2.24) is 4.98 Å². The van der Waals surface area contributed by atoms with Gasteiger partial charge in [-0.05, 0) is 32.6 Å². The van der Waals surface area contributed by atoms with Crippen LogP contribution < -0.4 is 5.44 Å². The van der Waals surface area contributed by atoms with E-state index in [1.165, 1.54) is 24.4 Å². The van der Waals surface area contributed by atoms with Crippen molar-refractivity contribution >= 4 is 13.4 Å². The first kappa shape index (κ1) is 11.5. The molecule has 1 aromatic heterocycles. The Labute approximate surface area is 99.1 Å². The standard InChI is InChI=1S/C14H18NP/c1-2-3-12-16(13-8-4-5-9-13)14-10-6-7-11-15-14/h4-11,13H,2-3,12H2,1H3. The van der Waals surface area contributed by atoms with Gasteiger partial charge < -0.3 is 0 Å². The highest BCUT2D eigenvalue weighted by Crippen LogP contribution is 2.43. The zero-order valence-electron chi connectivity index (χ0n) is 9.71. The molecule has 2 heteroatoms. The molecular formula is C14H18NP. The highest BCUT2D eigenvalue weighted by Gasteiger charge is 2.20. The van der Waals surface area contributed by atoms with Gasteiger partial charge in [-0.1, -0.05) is 43.7 Å². The lowest BCUT2D eigenvalue weighted by molar-refractivity contribution is 0.890. The third-order valence-electron chi connectivity index (χ3n) is 2.78. The van der Waals surface area contributed by atoms with E-state index in [9.17, 15) is 0 Å². The fourth-order valence-electron chi connectivity index (χ4n) is 1.90. The Morgan fingerprint density at radius 3 is 2.69 bits per heavy atom. The third-order valence-corrected chi connectivity index (χ3v) is 5.50. The zero-order valence-corrected chi connectivity index (χ0v) is 10.6. The van der Waals surface area contributed by atoms with Gasteiger partial charge in [-0.25, -0.2) is 0 Å². The van der Waals surface area contributed by atoms with Gasteiger partial charge in [-0.15, -0.1) is 0 Å². The number of unbranched alkanes of at least 4 members (excludes halogenated alkanes) is 1. The van der Waals surface area contributed by atoms with Crippen LogP contribution in [0.3, 0.4) is 0 Å². The molecule has 1 aliphatic carbocycles. The molecule has 16 heavy (non-hydrogen) atoms. The van der Waals surface area contributed by atoms with Crippen LogP contribution in [0.2, 0.25) is 0 Å². The van der Waals surface area contributed by atoms with Crippen molar-refractivity contribution in [3.63, 3.8) is 0 Å². The molecule has 0 spiro atoms. The van der Waals surface area contributed by atoms with Crippen molar-refractivity contribution in [2.75, 3.05) is 6.16 Å². The molecule has 0 aliphatic heterocycles. The summed E-state index contributed by atoms with van der Waals surface area (Å²) in [5.41, 5.74) is 1.91. The van der Waals surface area contributed by atoms with Gasteiger partial charge >= 0.3 is 0 Å². The van der Waals surface area contributed by atoms with Crippen LogP contribution in [0.4, 0.5) is 0 Å². The van der Waals surface area contributed by atoms with Crippen molar-refractivity contribution in [2.45, 2.75) is 25.4 Å². The predicted octanol–water partition coefficient (Wildman–Crippen LogP) is 3.48. The Kier molecular flexibility index (Phi) is 4.30. The van der Waals surface area contributed by atoms with E-state index in [-0.39, 0.29) is 7.92 Å². The quantitative estimate of drug-likeness (QED) is 0.707. The smallest absolute Gasteiger partial charge is 0.0639 e. The lowest BCUT2D eigenvalue weighted by atomic mass is 10.4. The average molecular weight is 231 g/mol. The van der Waals surface area contributed by atoms with E-state index < -0.39 is 0 Å². The molecule has 0 saturated carbocycles. The van der Waals surface area contributed by atoms with Crippen molar-refractivity contribution in [2.24, 2.45) is 0 Å². The molecule has 2 rings (SSSR count). The van der Waals surface area contributed by atoms with Gasteiger partial charge in [0.05, 0.1) is 5.44 Å². The summed E-state index contributed by atoms with van der Waals surface area (Å²) < 4.78 is 0. The number of nitrogens with zero attached hydrogens (tertiary/aromatic N) is 1. The first-order valence-corrected chi connectivity index (χ1v) is 7.54. The second-order valence-electron chi connectivity index (χ2n) is 4.00. The van der Waals surface area contributed by atoms with Gasteiger partial charge in [0, 0.05) is 11.9 Å². The summed E-state index contributed by atoms with van der Waals surface area (Å²) >= 11 is 0. The lowest BCUT2D eigenvalue weighted by Gasteiger charge is -2.20. The number of pyridine rings is 1. The van der Waals surface area contributed by atoms with E-state index in [0.29, 0.717) is 5.66 Å². The van der Waals surface area contributed by atoms with Crippen LogP contribution in [0.5, 0.6) is 0 Å². The number of hydrogen-bond donors (Lipinski definition) is 0. The molecule has 0 fully saturated rings. The van der Waals surface area contributed by atoms with E-state index in [1.54, 1.807) is 0 Å². The van der Waals surface area contributed by atoms with Crippen molar-refractivity contribution in [1.29, 1.82) is 0 Å². The summed E-state index contributed by atoms with van der Waals surface area (Å²) in [4.78, 5) is 4.54. The summed E-state index contributed by atoms with van der Waals surface area (Å²) in [5, 5.41) is 0. The molecule has 1 unspecified atom stereocenters. The van der Waals surface area contributed by atoms with Crippen LogP contribution in [-0.2, 0) is 0 Å². The highest BCUT2D eigenvalue weighted by atomic mass is 31.1. The number of aromatic nitrogens is 1. The van der Waals surface area contributed by atoms with Crippen LogP contribution in [-0.4, -0.2) is 16.8 Å². The second kappa shape index (κ2) is 5.96. The Bertz CT molecular complexity index is 358. The van der Waals surface area contributed by atoms with E-state index in [4.69, 9.17) is 0 Å². The molecule has 0 saturated heterocycles. The van der Waals surface area contributed by atoms with E-state index in [0.717, 1.165) is 0 Å². The highest BCUT2D eigenvalue weighted by molar-refractivity contribution is 7.66. The fraction of sp³-hybridized carbons (Fsp3) is 0.357. The summed E-state index contributed by atoms with van der Waals surface area (Å²) in [6.45, 7) is 2.26. The molecule has 0 amide bonds. The Hall–Kier alpha value is -0.940. The number of hydrogen-bond acceptors (Lipinski definition) is 1. The second-order valence-corrected chi connectivity index (χ2v) is 6.44. The van der Waals surface area contributed by atoms with Crippen molar-refractivity contribution in [3.05, 3.63) is 48.7 Å². The third kappa shape index (κ3) is 2.80. The van der Waals surface area contributed by atoms with Gasteiger partial charge in [-0.3, -0.25) is 4.98 Å². The maximum absolute atomic E-state index is 4.54. The van der Waals surface area contributed by atoms with Gasteiger partial charge in [0.1, 0.15) is 0 Å². The van der Waals surface area contributed by atoms with Gasteiger partial charge in [0.15, 0.2) is 0 Å². The topological polar surface area (TPSA) is 12.9 Å². The maximum atomic E-state index is 4.54. The summed E-state index contributed by atoms with van der Waals surface area (Å²) in [5.74, 6) is 0. The molecule has 1 atom stereocenters. The number of rotatable bonds is 5. The summed E-state index contributed by atoms with van der Waals surface area (Å²) in [6, 6.07) is 6.28. The van der Waals surface area contributed by atoms with Gasteiger partial charge in [-0.2, -0.15) is 0 Å². The molecule has 1 heterocycles. The molecule has 1 aromatic rings. The molecule has 0 radical (unpaired) electrons. The normalized spacial score (nSPS) is 16.8. The minimum absolute atomic E-state index is 0.148. The Morgan fingerprint density at radius 1 is 1.25 bits per heavy atom. The van der Waals surface area contributed by atoms with E-state index in [1.807, 2.05) is 12.3 Å². The zero-order chi connectivity index (χ0) is 11.2. The summed E-state index contributed by atoms with van der Waals surface area (Å²) in [7, 11) is -0.148. The van der Waals surface area contributed by atoms with Crippen molar-refractivity contribution < 1.29 is 0 Å². The minimum Gasteiger partial charge on any atom is -0.257 e. The van der Waals surface area contributed by atoms with Crippen molar-refractivity contribution in [3.8, 4) is 0 Å². The molecular weight excluding hydrogens is 213 g/mol. The lowest BCUT2D eigenvalue weighted by Crippen LogP contribution is -2.14. The van der Waals surface area contributed by atoms with Crippen LogP contribution in [0.15, 0.2) is 48.7 Å².